The van der Waals surface area contributed by atoms with Gasteiger partial charge in [-0.15, -0.1) is 0 Å². The van der Waals surface area contributed by atoms with Crippen LogP contribution in [0.5, 0.6) is 5.75 Å². The van der Waals surface area contributed by atoms with Crippen molar-refractivity contribution in [2.75, 3.05) is 13.4 Å². The second kappa shape index (κ2) is 6.51. The number of aryl methyl sites for hydroxylation is 1. The Hall–Kier alpha value is -1.95. The predicted molar refractivity (Wildman–Crippen MR) is 96.0 cm³/mol. The van der Waals surface area contributed by atoms with Crippen molar-refractivity contribution in [1.82, 2.24) is 9.97 Å². The molecule has 0 spiro atoms. The Balaban J connectivity index is 2.55. The number of sulfone groups is 1. The van der Waals surface area contributed by atoms with Gasteiger partial charge in [0.05, 0.1) is 36.1 Å². The van der Waals surface area contributed by atoms with Gasteiger partial charge in [-0.25, -0.2) is 13.4 Å². The molecule has 0 aliphatic rings. The number of ether oxygens (including phenoxy) is 1. The first-order chi connectivity index (χ1) is 11.0. The van der Waals surface area contributed by atoms with Crippen LogP contribution in [0.25, 0.3) is 11.3 Å². The molecule has 2 rings (SSSR count). The molecule has 0 amide bonds. The summed E-state index contributed by atoms with van der Waals surface area (Å²) in [4.78, 5) is 9.21. The summed E-state index contributed by atoms with van der Waals surface area (Å²) in [6, 6.07) is 5.45. The molecule has 1 aromatic carbocycles. The van der Waals surface area contributed by atoms with Crippen LogP contribution in [0.4, 0.5) is 0 Å². The molecule has 0 fully saturated rings. The molecule has 1 heterocycles. The fraction of sp³-hybridized carbons (Fsp3) is 0.444. The molecule has 0 saturated heterocycles. The van der Waals surface area contributed by atoms with Gasteiger partial charge in [0.1, 0.15) is 5.75 Å². The smallest absolute Gasteiger partial charge is 0.151 e. The summed E-state index contributed by atoms with van der Waals surface area (Å²) in [5.41, 5.74) is 3.89. The zero-order valence-corrected chi connectivity index (χ0v) is 15.9. The van der Waals surface area contributed by atoms with Crippen LogP contribution < -0.4 is 4.74 Å². The number of methoxy groups -OCH3 is 1. The molecule has 0 N–H and O–H groups in total. The van der Waals surface area contributed by atoms with Gasteiger partial charge in [0.25, 0.3) is 0 Å². The number of benzene rings is 1. The van der Waals surface area contributed by atoms with Gasteiger partial charge < -0.3 is 4.74 Å². The van der Waals surface area contributed by atoms with Crippen molar-refractivity contribution in [3.63, 3.8) is 0 Å². The SMILES string of the molecule is COc1ccc(-c2cnc(C)c(C(C)(C)C)n2)cc1CS(C)(=O)=O. The van der Waals surface area contributed by atoms with Crippen molar-refractivity contribution < 1.29 is 13.2 Å². The molecule has 24 heavy (non-hydrogen) atoms. The fourth-order valence-electron chi connectivity index (χ4n) is 2.63. The highest BCUT2D eigenvalue weighted by atomic mass is 32.2. The highest BCUT2D eigenvalue weighted by Gasteiger charge is 2.20. The van der Waals surface area contributed by atoms with Crippen LogP contribution in [0, 0.1) is 6.92 Å². The minimum absolute atomic E-state index is 0.0740. The molecule has 5 nitrogen and oxygen atoms in total. The Morgan fingerprint density at radius 2 is 1.88 bits per heavy atom. The maximum atomic E-state index is 11.7. The van der Waals surface area contributed by atoms with Crippen LogP contribution in [0.3, 0.4) is 0 Å². The zero-order chi connectivity index (χ0) is 18.1. The van der Waals surface area contributed by atoms with E-state index in [0.29, 0.717) is 11.3 Å². The topological polar surface area (TPSA) is 69.2 Å². The third kappa shape index (κ3) is 4.32. The van der Waals surface area contributed by atoms with Crippen molar-refractivity contribution in [3.05, 3.63) is 41.3 Å². The van der Waals surface area contributed by atoms with Crippen molar-refractivity contribution in [2.24, 2.45) is 0 Å². The van der Waals surface area contributed by atoms with E-state index >= 15 is 0 Å². The van der Waals surface area contributed by atoms with Crippen LogP contribution in [0.2, 0.25) is 0 Å². The summed E-state index contributed by atoms with van der Waals surface area (Å²) < 4.78 is 28.6. The second-order valence-corrected chi connectivity index (χ2v) is 9.18. The van der Waals surface area contributed by atoms with E-state index in [4.69, 9.17) is 9.72 Å². The molecule has 0 radical (unpaired) electrons. The maximum Gasteiger partial charge on any atom is 0.151 e. The van der Waals surface area contributed by atoms with Crippen LogP contribution in [-0.4, -0.2) is 31.8 Å². The van der Waals surface area contributed by atoms with E-state index in [9.17, 15) is 8.42 Å². The lowest BCUT2D eigenvalue weighted by atomic mass is 9.90. The second-order valence-electron chi connectivity index (χ2n) is 7.04. The summed E-state index contributed by atoms with van der Waals surface area (Å²) in [6.07, 6.45) is 2.93. The Labute approximate surface area is 144 Å². The zero-order valence-electron chi connectivity index (χ0n) is 15.0. The van der Waals surface area contributed by atoms with Gasteiger partial charge in [-0.3, -0.25) is 4.98 Å². The minimum Gasteiger partial charge on any atom is -0.496 e. The molecule has 0 bridgehead atoms. The predicted octanol–water partition coefficient (Wildman–Crippen LogP) is 3.30. The fourth-order valence-corrected chi connectivity index (χ4v) is 3.42. The van der Waals surface area contributed by atoms with E-state index < -0.39 is 9.84 Å². The number of hydrogen-bond acceptors (Lipinski definition) is 5. The van der Waals surface area contributed by atoms with Gasteiger partial charge in [0.15, 0.2) is 9.84 Å². The van der Waals surface area contributed by atoms with Crippen LogP contribution in [0.15, 0.2) is 24.4 Å². The van der Waals surface area contributed by atoms with Crippen molar-refractivity contribution in [2.45, 2.75) is 38.9 Å². The number of rotatable bonds is 4. The summed E-state index contributed by atoms with van der Waals surface area (Å²) in [5, 5.41) is 0. The highest BCUT2D eigenvalue weighted by molar-refractivity contribution is 7.89. The lowest BCUT2D eigenvalue weighted by Gasteiger charge is -2.20. The van der Waals surface area contributed by atoms with E-state index in [1.165, 1.54) is 13.4 Å². The molecular weight excluding hydrogens is 324 g/mol. The normalized spacial score (nSPS) is 12.2. The van der Waals surface area contributed by atoms with E-state index in [-0.39, 0.29) is 11.2 Å². The van der Waals surface area contributed by atoms with Crippen LogP contribution in [-0.2, 0) is 21.0 Å². The summed E-state index contributed by atoms with van der Waals surface area (Å²) in [6.45, 7) is 8.23. The van der Waals surface area contributed by atoms with Gasteiger partial charge in [0.2, 0.25) is 0 Å². The van der Waals surface area contributed by atoms with Crippen LogP contribution >= 0.6 is 0 Å². The Morgan fingerprint density at radius 3 is 2.42 bits per heavy atom. The molecule has 0 atom stereocenters. The molecule has 0 aliphatic carbocycles. The Morgan fingerprint density at radius 1 is 1.21 bits per heavy atom. The summed E-state index contributed by atoms with van der Waals surface area (Å²) in [7, 11) is -1.63. The van der Waals surface area contributed by atoms with Crippen LogP contribution in [0.1, 0.15) is 37.7 Å². The average molecular weight is 348 g/mol. The lowest BCUT2D eigenvalue weighted by molar-refractivity contribution is 0.411. The van der Waals surface area contributed by atoms with Gasteiger partial charge in [-0.2, -0.15) is 0 Å². The third-order valence-electron chi connectivity index (χ3n) is 3.66. The van der Waals surface area contributed by atoms with Gasteiger partial charge in [-0.05, 0) is 25.1 Å². The Kier molecular flexibility index (Phi) is 4.99. The van der Waals surface area contributed by atoms with Crippen molar-refractivity contribution in [3.8, 4) is 17.0 Å². The first-order valence-corrected chi connectivity index (χ1v) is 9.76. The molecule has 130 valence electrons. The number of nitrogens with zero attached hydrogens (tertiary/aromatic N) is 2. The largest absolute Gasteiger partial charge is 0.496 e. The number of aromatic nitrogens is 2. The van der Waals surface area contributed by atoms with Gasteiger partial charge in [0, 0.05) is 22.8 Å². The molecule has 0 unspecified atom stereocenters. The molecular formula is C18H24N2O3S. The van der Waals surface area contributed by atoms with E-state index in [1.807, 2.05) is 19.1 Å². The molecule has 0 aliphatic heterocycles. The average Bonchev–Trinajstić information content (AvgIpc) is 2.44. The first-order valence-electron chi connectivity index (χ1n) is 7.70. The lowest BCUT2D eigenvalue weighted by Crippen LogP contribution is -2.17. The van der Waals surface area contributed by atoms with Crippen molar-refractivity contribution in [1.29, 1.82) is 0 Å². The maximum absolute atomic E-state index is 11.7. The van der Waals surface area contributed by atoms with E-state index in [2.05, 4.69) is 25.8 Å². The molecule has 0 saturated carbocycles. The van der Waals surface area contributed by atoms with Crippen molar-refractivity contribution >= 4 is 9.84 Å². The minimum atomic E-state index is -3.16. The van der Waals surface area contributed by atoms with E-state index in [1.54, 1.807) is 12.3 Å². The van der Waals surface area contributed by atoms with E-state index in [0.717, 1.165) is 22.6 Å². The molecule has 1 aromatic heterocycles. The molecule has 2 aromatic rings. The number of hydrogen-bond donors (Lipinski definition) is 0. The highest BCUT2D eigenvalue weighted by Crippen LogP contribution is 2.29. The first kappa shape index (κ1) is 18.4. The summed E-state index contributed by atoms with van der Waals surface area (Å²) in [5.74, 6) is 0.482. The Bertz CT molecular complexity index is 853. The standard InChI is InChI=1S/C18H24N2O3S/c1-12-17(18(2,3)4)20-15(10-19-12)13-7-8-16(23-5)14(9-13)11-24(6,21)22/h7-10H,11H2,1-6H3. The quantitative estimate of drug-likeness (QED) is 0.848. The van der Waals surface area contributed by atoms with Gasteiger partial charge >= 0.3 is 0 Å². The third-order valence-corrected chi connectivity index (χ3v) is 4.50. The monoisotopic (exact) mass is 348 g/mol. The summed E-state index contributed by atoms with van der Waals surface area (Å²) >= 11 is 0. The molecule has 6 heteroatoms. The van der Waals surface area contributed by atoms with Gasteiger partial charge in [-0.1, -0.05) is 20.8 Å².